The van der Waals surface area contributed by atoms with Gasteiger partial charge in [-0.2, -0.15) is 4.31 Å². The van der Waals surface area contributed by atoms with E-state index >= 15 is 0 Å². The number of methoxy groups -OCH3 is 1. The fourth-order valence-electron chi connectivity index (χ4n) is 2.75. The first-order valence-corrected chi connectivity index (χ1v) is 12.8. The van der Waals surface area contributed by atoms with Crippen LogP contribution in [0, 0.1) is 0 Å². The molecular formula is C17H22ClN5O4S3. The van der Waals surface area contributed by atoms with Crippen molar-refractivity contribution in [3.63, 3.8) is 0 Å². The third-order valence-corrected chi connectivity index (χ3v) is 8.47. The summed E-state index contributed by atoms with van der Waals surface area (Å²) in [5, 5.41) is 14.7. The molecule has 2 aromatic rings. The minimum atomic E-state index is -3.59. The minimum absolute atomic E-state index is 0.0894. The summed E-state index contributed by atoms with van der Waals surface area (Å²) < 4.78 is 32.5. The molecule has 164 valence electrons. The maximum Gasteiger partial charge on any atom is 0.243 e. The second-order valence-electron chi connectivity index (χ2n) is 6.38. The SMILES string of the molecule is COCCNc1nnc(SCC(=O)Nc2cc(S(=O)(=O)N3CCCC3)ccc2Cl)s1. The van der Waals surface area contributed by atoms with Gasteiger partial charge in [-0.15, -0.1) is 10.2 Å². The van der Waals surface area contributed by atoms with Crippen LogP contribution in [-0.4, -0.2) is 67.9 Å². The average molecular weight is 492 g/mol. The summed E-state index contributed by atoms with van der Waals surface area (Å²) in [6, 6.07) is 4.34. The number of anilines is 2. The fraction of sp³-hybridized carbons (Fsp3) is 0.471. The molecule has 13 heteroatoms. The van der Waals surface area contributed by atoms with E-state index < -0.39 is 10.0 Å². The van der Waals surface area contributed by atoms with Crippen molar-refractivity contribution in [2.75, 3.05) is 49.7 Å². The van der Waals surface area contributed by atoms with Gasteiger partial charge < -0.3 is 15.4 Å². The van der Waals surface area contributed by atoms with Gasteiger partial charge in [-0.1, -0.05) is 34.7 Å². The van der Waals surface area contributed by atoms with Crippen molar-refractivity contribution < 1.29 is 17.9 Å². The lowest BCUT2D eigenvalue weighted by atomic mass is 10.3. The van der Waals surface area contributed by atoms with Gasteiger partial charge in [0, 0.05) is 26.7 Å². The highest BCUT2D eigenvalue weighted by atomic mass is 35.5. The second kappa shape index (κ2) is 10.7. The first-order valence-electron chi connectivity index (χ1n) is 9.19. The number of halogens is 1. The van der Waals surface area contributed by atoms with E-state index in [1.165, 1.54) is 45.6 Å². The number of sulfonamides is 1. The van der Waals surface area contributed by atoms with Gasteiger partial charge in [-0.25, -0.2) is 8.42 Å². The standard InChI is InChI=1S/C17H22ClN5O4S3/c1-27-9-6-19-16-21-22-17(29-16)28-11-15(24)20-14-10-12(4-5-13(14)18)30(25,26)23-7-2-3-8-23/h4-5,10H,2-3,6-9,11H2,1H3,(H,19,21)(H,20,24). The van der Waals surface area contributed by atoms with E-state index in [-0.39, 0.29) is 27.3 Å². The summed E-state index contributed by atoms with van der Waals surface area (Å²) in [5.74, 6) is -0.228. The van der Waals surface area contributed by atoms with E-state index in [1.807, 2.05) is 0 Å². The molecule has 2 heterocycles. The molecule has 1 aliphatic heterocycles. The van der Waals surface area contributed by atoms with Crippen molar-refractivity contribution in [1.82, 2.24) is 14.5 Å². The Labute approximate surface area is 188 Å². The summed E-state index contributed by atoms with van der Waals surface area (Å²) in [6.45, 7) is 2.18. The predicted octanol–water partition coefficient (Wildman–Crippen LogP) is 2.77. The Kier molecular flexibility index (Phi) is 8.31. The summed E-state index contributed by atoms with van der Waals surface area (Å²) in [7, 11) is -1.97. The lowest BCUT2D eigenvalue weighted by Gasteiger charge is -2.16. The number of amides is 1. The van der Waals surface area contributed by atoms with Crippen molar-refractivity contribution in [2.24, 2.45) is 0 Å². The van der Waals surface area contributed by atoms with Crippen LogP contribution in [0.3, 0.4) is 0 Å². The van der Waals surface area contributed by atoms with Gasteiger partial charge in [0.2, 0.25) is 21.1 Å². The zero-order valence-electron chi connectivity index (χ0n) is 16.3. The highest BCUT2D eigenvalue weighted by Gasteiger charge is 2.27. The van der Waals surface area contributed by atoms with Gasteiger partial charge in [-0.05, 0) is 31.0 Å². The van der Waals surface area contributed by atoms with Gasteiger partial charge in [0.25, 0.3) is 0 Å². The molecule has 0 bridgehead atoms. The Balaban J connectivity index is 1.58. The quantitative estimate of drug-likeness (QED) is 0.385. The molecule has 0 aliphatic carbocycles. The number of nitrogens with zero attached hydrogens (tertiary/aromatic N) is 3. The number of hydrogen-bond donors (Lipinski definition) is 2. The van der Waals surface area contributed by atoms with E-state index in [0.717, 1.165) is 12.8 Å². The zero-order chi connectivity index (χ0) is 21.6. The van der Waals surface area contributed by atoms with Gasteiger partial charge in [-0.3, -0.25) is 4.79 Å². The van der Waals surface area contributed by atoms with Crippen molar-refractivity contribution in [3.8, 4) is 0 Å². The van der Waals surface area contributed by atoms with Gasteiger partial charge >= 0.3 is 0 Å². The summed E-state index contributed by atoms with van der Waals surface area (Å²) in [6.07, 6.45) is 1.70. The Bertz CT molecular complexity index is 980. The molecule has 1 aromatic carbocycles. The van der Waals surface area contributed by atoms with E-state index in [2.05, 4.69) is 20.8 Å². The molecule has 1 amide bonds. The first-order chi connectivity index (χ1) is 14.4. The number of hydrogen-bond acceptors (Lipinski definition) is 9. The van der Waals surface area contributed by atoms with Crippen molar-refractivity contribution in [1.29, 1.82) is 0 Å². The fourth-order valence-corrected chi connectivity index (χ4v) is 6.04. The molecular weight excluding hydrogens is 470 g/mol. The summed E-state index contributed by atoms with van der Waals surface area (Å²) in [4.78, 5) is 12.5. The van der Waals surface area contributed by atoms with Crippen molar-refractivity contribution in [3.05, 3.63) is 23.2 Å². The van der Waals surface area contributed by atoms with Crippen LogP contribution in [-0.2, 0) is 19.6 Å². The van der Waals surface area contributed by atoms with Gasteiger partial charge in [0.15, 0.2) is 4.34 Å². The van der Waals surface area contributed by atoms with Crippen molar-refractivity contribution in [2.45, 2.75) is 22.1 Å². The number of ether oxygens (including phenoxy) is 1. The maximum atomic E-state index is 12.7. The highest BCUT2D eigenvalue weighted by Crippen LogP contribution is 2.29. The van der Waals surface area contributed by atoms with E-state index in [4.69, 9.17) is 16.3 Å². The Morgan fingerprint density at radius 1 is 1.33 bits per heavy atom. The molecule has 2 N–H and O–H groups in total. The molecule has 0 saturated carbocycles. The van der Waals surface area contributed by atoms with Crippen LogP contribution in [0.15, 0.2) is 27.4 Å². The molecule has 0 unspecified atom stereocenters. The Morgan fingerprint density at radius 3 is 2.83 bits per heavy atom. The van der Waals surface area contributed by atoms with Crippen LogP contribution < -0.4 is 10.6 Å². The van der Waals surface area contributed by atoms with Crippen molar-refractivity contribution >= 4 is 61.4 Å². The number of carbonyl (C=O) groups excluding carboxylic acids is 1. The molecule has 0 atom stereocenters. The molecule has 1 fully saturated rings. The van der Waals surface area contributed by atoms with Gasteiger partial charge in [0.1, 0.15) is 0 Å². The van der Waals surface area contributed by atoms with E-state index in [9.17, 15) is 13.2 Å². The molecule has 1 aromatic heterocycles. The summed E-state index contributed by atoms with van der Waals surface area (Å²) >= 11 is 8.74. The van der Waals surface area contributed by atoms with E-state index in [0.29, 0.717) is 35.7 Å². The Hall–Kier alpha value is -1.44. The number of thioether (sulfide) groups is 1. The molecule has 1 aliphatic rings. The third-order valence-electron chi connectivity index (χ3n) is 4.23. The number of benzene rings is 1. The molecule has 1 saturated heterocycles. The number of nitrogens with one attached hydrogen (secondary N) is 2. The lowest BCUT2D eigenvalue weighted by molar-refractivity contribution is -0.113. The van der Waals surface area contributed by atoms with Crippen LogP contribution >= 0.6 is 34.7 Å². The normalized spacial score (nSPS) is 14.7. The number of aromatic nitrogens is 2. The third kappa shape index (κ3) is 6.05. The number of rotatable bonds is 10. The van der Waals surface area contributed by atoms with Crippen LogP contribution in [0.4, 0.5) is 10.8 Å². The largest absolute Gasteiger partial charge is 0.383 e. The topological polar surface area (TPSA) is 114 Å². The molecule has 9 nitrogen and oxygen atoms in total. The van der Waals surface area contributed by atoms with Crippen LogP contribution in [0.5, 0.6) is 0 Å². The maximum absolute atomic E-state index is 12.7. The van der Waals surface area contributed by atoms with E-state index in [1.54, 1.807) is 7.11 Å². The predicted molar refractivity (Wildman–Crippen MR) is 119 cm³/mol. The highest BCUT2D eigenvalue weighted by molar-refractivity contribution is 8.01. The lowest BCUT2D eigenvalue weighted by Crippen LogP contribution is -2.28. The van der Waals surface area contributed by atoms with Crippen LogP contribution in [0.1, 0.15) is 12.8 Å². The summed E-state index contributed by atoms with van der Waals surface area (Å²) in [5.41, 5.74) is 0.265. The molecule has 30 heavy (non-hydrogen) atoms. The molecule has 0 radical (unpaired) electrons. The average Bonchev–Trinajstić information content (AvgIpc) is 3.41. The molecule has 0 spiro atoms. The van der Waals surface area contributed by atoms with Crippen LogP contribution in [0.2, 0.25) is 5.02 Å². The minimum Gasteiger partial charge on any atom is -0.383 e. The van der Waals surface area contributed by atoms with Gasteiger partial charge in [0.05, 0.1) is 28.0 Å². The zero-order valence-corrected chi connectivity index (χ0v) is 19.5. The Morgan fingerprint density at radius 2 is 2.10 bits per heavy atom. The second-order valence-corrected chi connectivity index (χ2v) is 10.9. The first kappa shape index (κ1) is 23.2. The number of carbonyl (C=O) groups is 1. The van der Waals surface area contributed by atoms with Crippen LogP contribution in [0.25, 0.3) is 0 Å². The smallest absolute Gasteiger partial charge is 0.243 e. The molecule has 3 rings (SSSR count). The monoisotopic (exact) mass is 491 g/mol.